The van der Waals surface area contributed by atoms with E-state index in [0.717, 1.165) is 5.69 Å². The van der Waals surface area contributed by atoms with Crippen molar-refractivity contribution in [1.29, 1.82) is 0 Å². The van der Waals surface area contributed by atoms with Crippen molar-refractivity contribution in [1.82, 2.24) is 0 Å². The Kier molecular flexibility index (Phi) is 2.95. The molecule has 0 aliphatic carbocycles. The number of hydrogen-bond donors (Lipinski definition) is 1. The number of benzene rings is 2. The van der Waals surface area contributed by atoms with Crippen LogP contribution in [-0.2, 0) is 0 Å². The molecule has 82 valence electrons. The van der Waals surface area contributed by atoms with Crippen LogP contribution in [-0.4, -0.2) is 7.05 Å². The van der Waals surface area contributed by atoms with E-state index in [-0.39, 0.29) is 0 Å². The van der Waals surface area contributed by atoms with Crippen molar-refractivity contribution >= 4 is 5.69 Å². The zero-order chi connectivity index (χ0) is 11.5. The predicted molar refractivity (Wildman–Crippen MR) is 70.9 cm³/mol. The van der Waals surface area contributed by atoms with Crippen LogP contribution in [0.2, 0.25) is 0 Å². The molecule has 0 atom stereocenters. The van der Waals surface area contributed by atoms with Crippen LogP contribution < -0.4 is 5.32 Å². The highest BCUT2D eigenvalue weighted by atomic mass is 14.8. The third kappa shape index (κ3) is 2.08. The van der Waals surface area contributed by atoms with Crippen molar-refractivity contribution in [2.75, 3.05) is 12.4 Å². The third-order valence-corrected chi connectivity index (χ3v) is 2.88. The van der Waals surface area contributed by atoms with Gasteiger partial charge in [0.15, 0.2) is 0 Å². The Balaban J connectivity index is 2.44. The van der Waals surface area contributed by atoms with Crippen LogP contribution in [0.3, 0.4) is 0 Å². The number of nitrogens with one attached hydrogen (secondary N) is 1. The molecule has 1 heteroatoms. The molecule has 0 fully saturated rings. The molecule has 1 nitrogen and oxygen atoms in total. The summed E-state index contributed by atoms with van der Waals surface area (Å²) in [6.45, 7) is 4.26. The van der Waals surface area contributed by atoms with Crippen molar-refractivity contribution in [3.8, 4) is 11.1 Å². The van der Waals surface area contributed by atoms with E-state index in [1.165, 1.54) is 22.3 Å². The molecule has 2 aromatic carbocycles. The molecule has 2 aromatic rings. The predicted octanol–water partition coefficient (Wildman–Crippen LogP) is 4.01. The first-order valence-corrected chi connectivity index (χ1v) is 5.56. The normalized spacial score (nSPS) is 10.2. The first-order valence-electron chi connectivity index (χ1n) is 5.56. The van der Waals surface area contributed by atoms with Crippen LogP contribution in [0.15, 0.2) is 42.5 Å². The molecular weight excluding hydrogens is 194 g/mol. The quantitative estimate of drug-likeness (QED) is 0.791. The molecule has 0 bridgehead atoms. The lowest BCUT2D eigenvalue weighted by Crippen LogP contribution is -1.90. The number of anilines is 1. The molecule has 0 radical (unpaired) electrons. The Morgan fingerprint density at radius 2 is 1.56 bits per heavy atom. The van der Waals surface area contributed by atoms with Gasteiger partial charge in [0.1, 0.15) is 0 Å². The van der Waals surface area contributed by atoms with Crippen LogP contribution in [0, 0.1) is 13.8 Å². The minimum absolute atomic E-state index is 1.16. The molecule has 0 aliphatic heterocycles. The molecule has 0 spiro atoms. The minimum Gasteiger partial charge on any atom is -0.388 e. The first-order chi connectivity index (χ1) is 7.70. The highest BCUT2D eigenvalue weighted by Gasteiger charge is 2.01. The van der Waals surface area contributed by atoms with Gasteiger partial charge in [0, 0.05) is 12.7 Å². The maximum Gasteiger partial charge on any atom is 0.0340 e. The van der Waals surface area contributed by atoms with Gasteiger partial charge in [0.05, 0.1) is 0 Å². The standard InChI is InChI=1S/C15H17N/c1-11-4-6-13(7-5-11)15-9-8-14(16-3)10-12(15)2/h4-10,16H,1-3H3. The summed E-state index contributed by atoms with van der Waals surface area (Å²) in [4.78, 5) is 0. The van der Waals surface area contributed by atoms with Crippen LogP contribution in [0.4, 0.5) is 5.69 Å². The highest BCUT2D eigenvalue weighted by Crippen LogP contribution is 2.25. The van der Waals surface area contributed by atoms with E-state index in [2.05, 4.69) is 61.6 Å². The molecule has 0 heterocycles. The molecule has 16 heavy (non-hydrogen) atoms. The summed E-state index contributed by atoms with van der Waals surface area (Å²) >= 11 is 0. The average Bonchev–Trinajstić information content (AvgIpc) is 2.30. The summed E-state index contributed by atoms with van der Waals surface area (Å²) in [6.07, 6.45) is 0. The van der Waals surface area contributed by atoms with E-state index >= 15 is 0 Å². The molecular formula is C15H17N. The Morgan fingerprint density at radius 3 is 2.12 bits per heavy atom. The zero-order valence-corrected chi connectivity index (χ0v) is 10.0. The second-order valence-electron chi connectivity index (χ2n) is 4.15. The SMILES string of the molecule is CNc1ccc(-c2ccc(C)cc2)c(C)c1. The fraction of sp³-hybridized carbons (Fsp3) is 0.200. The summed E-state index contributed by atoms with van der Waals surface area (Å²) in [5.74, 6) is 0. The monoisotopic (exact) mass is 211 g/mol. The lowest BCUT2D eigenvalue weighted by atomic mass is 9.99. The van der Waals surface area contributed by atoms with Crippen molar-refractivity contribution in [3.63, 3.8) is 0 Å². The number of aryl methyl sites for hydroxylation is 2. The number of hydrogen-bond acceptors (Lipinski definition) is 1. The van der Waals surface area contributed by atoms with E-state index in [0.29, 0.717) is 0 Å². The summed E-state index contributed by atoms with van der Waals surface area (Å²) in [5, 5.41) is 3.16. The van der Waals surface area contributed by atoms with Crippen molar-refractivity contribution in [3.05, 3.63) is 53.6 Å². The molecule has 0 saturated carbocycles. The van der Waals surface area contributed by atoms with E-state index in [9.17, 15) is 0 Å². The van der Waals surface area contributed by atoms with Gasteiger partial charge in [0.25, 0.3) is 0 Å². The molecule has 0 saturated heterocycles. The van der Waals surface area contributed by atoms with E-state index in [4.69, 9.17) is 0 Å². The first kappa shape index (κ1) is 10.7. The van der Waals surface area contributed by atoms with Crippen LogP contribution in [0.25, 0.3) is 11.1 Å². The summed E-state index contributed by atoms with van der Waals surface area (Å²) < 4.78 is 0. The summed E-state index contributed by atoms with van der Waals surface area (Å²) in [7, 11) is 1.94. The molecule has 1 N–H and O–H groups in total. The van der Waals surface area contributed by atoms with Crippen molar-refractivity contribution in [2.24, 2.45) is 0 Å². The van der Waals surface area contributed by atoms with Gasteiger partial charge in [0.2, 0.25) is 0 Å². The van der Waals surface area contributed by atoms with Crippen molar-refractivity contribution in [2.45, 2.75) is 13.8 Å². The topological polar surface area (TPSA) is 12.0 Å². The average molecular weight is 211 g/mol. The Hall–Kier alpha value is -1.76. The van der Waals surface area contributed by atoms with Gasteiger partial charge >= 0.3 is 0 Å². The Morgan fingerprint density at radius 1 is 0.875 bits per heavy atom. The Bertz CT molecular complexity index is 483. The maximum atomic E-state index is 3.16. The van der Waals surface area contributed by atoms with Crippen LogP contribution in [0.1, 0.15) is 11.1 Å². The number of rotatable bonds is 2. The molecule has 0 aliphatic rings. The fourth-order valence-electron chi connectivity index (χ4n) is 1.88. The van der Waals surface area contributed by atoms with Gasteiger partial charge < -0.3 is 5.32 Å². The molecule has 0 unspecified atom stereocenters. The summed E-state index contributed by atoms with van der Waals surface area (Å²) in [5.41, 5.74) is 6.35. The van der Waals surface area contributed by atoms with Gasteiger partial charge in [-0.05, 0) is 42.7 Å². The zero-order valence-electron chi connectivity index (χ0n) is 10.0. The van der Waals surface area contributed by atoms with Crippen LogP contribution >= 0.6 is 0 Å². The van der Waals surface area contributed by atoms with Crippen LogP contribution in [0.5, 0.6) is 0 Å². The van der Waals surface area contributed by atoms with E-state index in [1.54, 1.807) is 0 Å². The van der Waals surface area contributed by atoms with E-state index < -0.39 is 0 Å². The second kappa shape index (κ2) is 4.40. The molecule has 2 rings (SSSR count). The molecule has 0 amide bonds. The van der Waals surface area contributed by atoms with Crippen molar-refractivity contribution < 1.29 is 0 Å². The smallest absolute Gasteiger partial charge is 0.0340 e. The maximum absolute atomic E-state index is 3.16. The lowest BCUT2D eigenvalue weighted by molar-refractivity contribution is 1.41. The van der Waals surface area contributed by atoms with Gasteiger partial charge in [-0.25, -0.2) is 0 Å². The summed E-state index contributed by atoms with van der Waals surface area (Å²) in [6, 6.07) is 15.1. The largest absolute Gasteiger partial charge is 0.388 e. The lowest BCUT2D eigenvalue weighted by Gasteiger charge is -2.09. The fourth-order valence-corrected chi connectivity index (χ4v) is 1.88. The Labute approximate surface area is 97.1 Å². The van der Waals surface area contributed by atoms with Gasteiger partial charge in [-0.15, -0.1) is 0 Å². The van der Waals surface area contributed by atoms with E-state index in [1.807, 2.05) is 7.05 Å². The van der Waals surface area contributed by atoms with Gasteiger partial charge in [-0.1, -0.05) is 35.9 Å². The third-order valence-electron chi connectivity index (χ3n) is 2.88. The minimum atomic E-state index is 1.16. The molecule has 0 aromatic heterocycles. The van der Waals surface area contributed by atoms with Gasteiger partial charge in [-0.2, -0.15) is 0 Å². The highest BCUT2D eigenvalue weighted by molar-refractivity contribution is 5.70. The second-order valence-corrected chi connectivity index (χ2v) is 4.15. The van der Waals surface area contributed by atoms with Gasteiger partial charge in [-0.3, -0.25) is 0 Å².